The number of benzene rings is 1. The van der Waals surface area contributed by atoms with Crippen molar-refractivity contribution in [3.05, 3.63) is 55.1 Å². The number of fused-ring (bicyclic) bond motifs is 2. The zero-order chi connectivity index (χ0) is 15.7. The molecule has 0 heterocycles. The van der Waals surface area contributed by atoms with Gasteiger partial charge in [0.1, 0.15) is 0 Å². The van der Waals surface area contributed by atoms with Crippen LogP contribution in [-0.4, -0.2) is 26.8 Å². The lowest BCUT2D eigenvalue weighted by atomic mass is 9.91. The van der Waals surface area contributed by atoms with E-state index in [0.717, 1.165) is 6.42 Å². The van der Waals surface area contributed by atoms with Crippen molar-refractivity contribution in [1.29, 1.82) is 0 Å². The maximum Gasteiger partial charge on any atom is 0.241 e. The molecule has 1 amide bonds. The second-order valence-electron chi connectivity index (χ2n) is 5.67. The van der Waals surface area contributed by atoms with Gasteiger partial charge in [0.15, 0.2) is 4.75 Å². The van der Waals surface area contributed by atoms with Gasteiger partial charge in [-0.05, 0) is 24.5 Å². The summed E-state index contributed by atoms with van der Waals surface area (Å²) >= 11 is 6.62. The normalized spacial score (nSPS) is 33.6. The fourth-order valence-electron chi connectivity index (χ4n) is 3.44. The zero-order valence-electron chi connectivity index (χ0n) is 12.1. The summed E-state index contributed by atoms with van der Waals surface area (Å²) in [5.41, 5.74) is 0. The maximum absolute atomic E-state index is 13.3. The van der Waals surface area contributed by atoms with Crippen molar-refractivity contribution in [1.82, 2.24) is 5.32 Å². The third-order valence-corrected chi connectivity index (χ3v) is 7.33. The van der Waals surface area contributed by atoms with Crippen LogP contribution in [0.25, 0.3) is 0 Å². The van der Waals surface area contributed by atoms with Gasteiger partial charge in [0, 0.05) is 17.4 Å². The van der Waals surface area contributed by atoms with Crippen molar-refractivity contribution in [3.63, 3.8) is 0 Å². The van der Waals surface area contributed by atoms with Crippen LogP contribution in [0.5, 0.6) is 0 Å². The molecule has 2 aliphatic rings. The van der Waals surface area contributed by atoms with Crippen LogP contribution in [0.15, 0.2) is 60.0 Å². The third-order valence-electron chi connectivity index (χ3n) is 4.48. The summed E-state index contributed by atoms with van der Waals surface area (Å²) in [4.78, 5) is 13.5. The van der Waals surface area contributed by atoms with Crippen molar-refractivity contribution >= 4 is 28.3 Å². The van der Waals surface area contributed by atoms with E-state index in [4.69, 9.17) is 11.6 Å². The molecule has 5 heteroatoms. The van der Waals surface area contributed by atoms with Crippen molar-refractivity contribution in [2.75, 3.05) is 6.54 Å². The van der Waals surface area contributed by atoms with Crippen molar-refractivity contribution in [2.24, 2.45) is 11.8 Å². The van der Waals surface area contributed by atoms with Crippen LogP contribution in [0, 0.1) is 11.8 Å². The number of carbonyl (C=O) groups is 1. The van der Waals surface area contributed by atoms with E-state index in [-0.39, 0.29) is 17.7 Å². The molecular weight excluding hydrogens is 318 g/mol. The molecule has 0 radical (unpaired) electrons. The topological polar surface area (TPSA) is 46.2 Å². The molecule has 3 rings (SSSR count). The van der Waals surface area contributed by atoms with E-state index in [1.54, 1.807) is 18.2 Å². The summed E-state index contributed by atoms with van der Waals surface area (Å²) in [7, 11) is -1.51. The first-order valence-corrected chi connectivity index (χ1v) is 8.89. The Morgan fingerprint density at radius 1 is 1.41 bits per heavy atom. The number of amides is 1. The van der Waals surface area contributed by atoms with Crippen molar-refractivity contribution in [3.8, 4) is 0 Å². The molecule has 2 bridgehead atoms. The van der Waals surface area contributed by atoms with Gasteiger partial charge in [-0.25, -0.2) is 0 Å². The fraction of sp³-hybridized carbons (Fsp3) is 0.353. The molecule has 1 fully saturated rings. The first-order valence-electron chi connectivity index (χ1n) is 7.31. The summed E-state index contributed by atoms with van der Waals surface area (Å²) < 4.78 is 12.2. The van der Waals surface area contributed by atoms with E-state index >= 15 is 0 Å². The summed E-state index contributed by atoms with van der Waals surface area (Å²) in [6.45, 7) is 3.96. The molecule has 1 N–H and O–H groups in total. The SMILES string of the molecule is C=CCNC(=O)[C@]1(S(=O)c2ccccc2)[C@@H]2C=C[C@@H](C2)[C@H]1Cl. The minimum Gasteiger partial charge on any atom is -0.351 e. The first kappa shape index (κ1) is 15.5. The maximum atomic E-state index is 13.3. The molecule has 2 aliphatic carbocycles. The number of alkyl halides is 1. The molecule has 116 valence electrons. The molecular formula is C17H18ClNO2S. The molecule has 0 aromatic heterocycles. The highest BCUT2D eigenvalue weighted by molar-refractivity contribution is 7.87. The van der Waals surface area contributed by atoms with Crippen LogP contribution in [0.2, 0.25) is 0 Å². The average Bonchev–Trinajstić information content (AvgIpc) is 3.13. The molecule has 0 saturated heterocycles. The Labute approximate surface area is 137 Å². The lowest BCUT2D eigenvalue weighted by Gasteiger charge is -2.36. The Morgan fingerprint density at radius 3 is 2.73 bits per heavy atom. The summed E-state index contributed by atoms with van der Waals surface area (Å²) in [6.07, 6.45) is 6.44. The van der Waals surface area contributed by atoms with Crippen LogP contribution in [0.4, 0.5) is 0 Å². The predicted molar refractivity (Wildman–Crippen MR) is 89.2 cm³/mol. The largest absolute Gasteiger partial charge is 0.351 e. The van der Waals surface area contributed by atoms with Crippen LogP contribution < -0.4 is 5.32 Å². The van der Waals surface area contributed by atoms with Gasteiger partial charge in [-0.3, -0.25) is 9.00 Å². The van der Waals surface area contributed by atoms with Crippen molar-refractivity contribution in [2.45, 2.75) is 21.4 Å². The molecule has 0 aliphatic heterocycles. The minimum atomic E-state index is -1.51. The number of halogens is 1. The third kappa shape index (κ3) is 2.17. The van der Waals surface area contributed by atoms with Gasteiger partial charge < -0.3 is 5.32 Å². The Kier molecular flexibility index (Phi) is 4.24. The van der Waals surface area contributed by atoms with Gasteiger partial charge in [-0.1, -0.05) is 36.4 Å². The number of rotatable bonds is 5. The average molecular weight is 336 g/mol. The lowest BCUT2D eigenvalue weighted by Crippen LogP contribution is -2.58. The van der Waals surface area contributed by atoms with Gasteiger partial charge in [-0.2, -0.15) is 0 Å². The van der Waals surface area contributed by atoms with Gasteiger partial charge in [-0.15, -0.1) is 18.2 Å². The quantitative estimate of drug-likeness (QED) is 0.664. The van der Waals surface area contributed by atoms with E-state index in [2.05, 4.69) is 11.9 Å². The van der Waals surface area contributed by atoms with Crippen LogP contribution >= 0.6 is 11.6 Å². The van der Waals surface area contributed by atoms with E-state index in [0.29, 0.717) is 11.4 Å². The lowest BCUT2D eigenvalue weighted by molar-refractivity contribution is -0.123. The van der Waals surface area contributed by atoms with Gasteiger partial charge in [0.25, 0.3) is 0 Å². The predicted octanol–water partition coefficient (Wildman–Crippen LogP) is 2.65. The molecule has 3 nitrogen and oxygen atoms in total. The van der Waals surface area contributed by atoms with Gasteiger partial charge in [0.05, 0.1) is 16.2 Å². The van der Waals surface area contributed by atoms with Crippen LogP contribution in [0.3, 0.4) is 0 Å². The molecule has 22 heavy (non-hydrogen) atoms. The van der Waals surface area contributed by atoms with Crippen LogP contribution in [0.1, 0.15) is 6.42 Å². The highest BCUT2D eigenvalue weighted by atomic mass is 35.5. The summed E-state index contributed by atoms with van der Waals surface area (Å²) in [5.74, 6) is -0.230. The molecule has 1 aromatic carbocycles. The molecule has 1 unspecified atom stereocenters. The molecule has 5 atom stereocenters. The summed E-state index contributed by atoms with van der Waals surface area (Å²) in [6, 6.07) is 9.10. The van der Waals surface area contributed by atoms with Gasteiger partial charge >= 0.3 is 0 Å². The Morgan fingerprint density at radius 2 is 2.14 bits per heavy atom. The Hall–Kier alpha value is -1.39. The number of carbonyl (C=O) groups excluding carboxylic acids is 1. The highest BCUT2D eigenvalue weighted by Crippen LogP contribution is 2.53. The zero-order valence-corrected chi connectivity index (χ0v) is 13.6. The summed E-state index contributed by atoms with van der Waals surface area (Å²) in [5, 5.41) is 2.35. The smallest absolute Gasteiger partial charge is 0.241 e. The number of allylic oxidation sites excluding steroid dienone is 2. The molecule has 1 saturated carbocycles. The highest BCUT2D eigenvalue weighted by Gasteiger charge is 2.64. The fourth-order valence-corrected chi connectivity index (χ4v) is 6.00. The molecule has 1 aromatic rings. The number of nitrogens with one attached hydrogen (secondary N) is 1. The number of hydrogen-bond acceptors (Lipinski definition) is 2. The van der Waals surface area contributed by atoms with Gasteiger partial charge in [0.2, 0.25) is 5.91 Å². The first-order chi connectivity index (χ1) is 10.6. The Balaban J connectivity index is 2.05. The monoisotopic (exact) mass is 335 g/mol. The standard InChI is InChI=1S/C17H18ClNO2S/c1-2-10-19-16(20)17(13-9-8-12(11-13)15(17)18)22(21)14-6-4-3-5-7-14/h2-9,12-13,15H,1,10-11H2,(H,19,20)/t12-,13+,15+,17-,22?/m0/s1. The molecule has 0 spiro atoms. The Bertz CT molecular complexity index is 645. The second kappa shape index (κ2) is 6.01. The van der Waals surface area contributed by atoms with E-state index < -0.39 is 20.9 Å². The number of hydrogen-bond donors (Lipinski definition) is 1. The second-order valence-corrected chi connectivity index (χ2v) is 7.82. The van der Waals surface area contributed by atoms with Crippen LogP contribution in [-0.2, 0) is 15.6 Å². The minimum absolute atomic E-state index is 0.0918. The van der Waals surface area contributed by atoms with E-state index in [1.165, 1.54) is 0 Å². The van der Waals surface area contributed by atoms with Crippen molar-refractivity contribution < 1.29 is 9.00 Å². The van der Waals surface area contributed by atoms with E-state index in [9.17, 15) is 9.00 Å². The van der Waals surface area contributed by atoms with E-state index in [1.807, 2.05) is 30.4 Å².